The van der Waals surface area contributed by atoms with Crippen molar-refractivity contribution in [2.45, 2.75) is 19.4 Å². The SMILES string of the molecule is COc1cc(NC(=O)CCc2nnc3ccc(NCc4ccccc4Cl)nn23)cc(OC)c1. The molecule has 0 unspecified atom stereocenters. The van der Waals surface area contributed by atoms with Crippen molar-refractivity contribution in [1.29, 1.82) is 0 Å². The molecule has 2 N–H and O–H groups in total. The molecule has 0 saturated carbocycles. The molecule has 170 valence electrons. The van der Waals surface area contributed by atoms with E-state index >= 15 is 0 Å². The summed E-state index contributed by atoms with van der Waals surface area (Å²) in [5, 5.41) is 19.7. The molecule has 0 aliphatic heterocycles. The van der Waals surface area contributed by atoms with Gasteiger partial charge in [0.1, 0.15) is 17.3 Å². The first-order valence-corrected chi connectivity index (χ1v) is 10.6. The van der Waals surface area contributed by atoms with E-state index in [2.05, 4.69) is 25.9 Å². The third-order valence-electron chi connectivity index (χ3n) is 4.96. The minimum absolute atomic E-state index is 0.171. The van der Waals surface area contributed by atoms with Gasteiger partial charge in [-0.05, 0) is 23.8 Å². The number of rotatable bonds is 9. The lowest BCUT2D eigenvalue weighted by molar-refractivity contribution is -0.116. The summed E-state index contributed by atoms with van der Waals surface area (Å²) in [6.07, 6.45) is 0.578. The molecule has 2 aromatic heterocycles. The minimum atomic E-state index is -0.171. The van der Waals surface area contributed by atoms with Crippen molar-refractivity contribution in [1.82, 2.24) is 19.8 Å². The van der Waals surface area contributed by atoms with E-state index < -0.39 is 0 Å². The molecule has 0 aliphatic carbocycles. The van der Waals surface area contributed by atoms with Crippen molar-refractivity contribution in [2.24, 2.45) is 0 Å². The quantitative estimate of drug-likeness (QED) is 0.384. The predicted octanol–water partition coefficient (Wildman–Crippen LogP) is 3.98. The highest BCUT2D eigenvalue weighted by molar-refractivity contribution is 6.31. The van der Waals surface area contributed by atoms with Crippen molar-refractivity contribution in [2.75, 3.05) is 24.9 Å². The van der Waals surface area contributed by atoms with Gasteiger partial charge in [-0.2, -0.15) is 4.52 Å². The number of nitrogens with zero attached hydrogens (tertiary/aromatic N) is 4. The second-order valence-corrected chi connectivity index (χ2v) is 7.61. The molecule has 0 saturated heterocycles. The fourth-order valence-corrected chi connectivity index (χ4v) is 3.44. The molecule has 33 heavy (non-hydrogen) atoms. The number of aromatic nitrogens is 4. The number of carbonyl (C=O) groups is 1. The molecule has 2 aromatic carbocycles. The summed E-state index contributed by atoms with van der Waals surface area (Å²) in [7, 11) is 3.11. The Labute approximate surface area is 195 Å². The van der Waals surface area contributed by atoms with Gasteiger partial charge in [-0.1, -0.05) is 29.8 Å². The first-order chi connectivity index (χ1) is 16.1. The van der Waals surface area contributed by atoms with Crippen LogP contribution in [-0.2, 0) is 17.8 Å². The number of methoxy groups -OCH3 is 2. The van der Waals surface area contributed by atoms with Crippen LogP contribution in [-0.4, -0.2) is 39.9 Å². The second-order valence-electron chi connectivity index (χ2n) is 7.20. The molecule has 2 heterocycles. The van der Waals surface area contributed by atoms with Gasteiger partial charge >= 0.3 is 0 Å². The molecule has 9 nitrogen and oxygen atoms in total. The van der Waals surface area contributed by atoms with E-state index in [-0.39, 0.29) is 12.3 Å². The number of fused-ring (bicyclic) bond motifs is 1. The Bertz CT molecular complexity index is 1250. The topological polar surface area (TPSA) is 103 Å². The van der Waals surface area contributed by atoms with Crippen LogP contribution in [0.2, 0.25) is 5.02 Å². The Morgan fingerprint density at radius 2 is 1.79 bits per heavy atom. The Hall–Kier alpha value is -3.85. The highest BCUT2D eigenvalue weighted by Gasteiger charge is 2.12. The summed E-state index contributed by atoms with van der Waals surface area (Å²) in [5.74, 6) is 2.25. The largest absolute Gasteiger partial charge is 0.497 e. The van der Waals surface area contributed by atoms with Gasteiger partial charge in [-0.15, -0.1) is 15.3 Å². The standard InChI is InChI=1S/C23H23ClN6O3/c1-32-17-11-16(12-18(13-17)33-2)26-23(31)10-9-22-28-27-21-8-7-20(29-30(21)22)25-14-15-5-3-4-6-19(15)24/h3-8,11-13H,9-10,14H2,1-2H3,(H,25,29)(H,26,31). The van der Waals surface area contributed by atoms with Crippen LogP contribution in [0.15, 0.2) is 54.6 Å². The van der Waals surface area contributed by atoms with Gasteiger partial charge < -0.3 is 20.1 Å². The van der Waals surface area contributed by atoms with E-state index in [1.165, 1.54) is 0 Å². The maximum atomic E-state index is 12.5. The number of anilines is 2. The van der Waals surface area contributed by atoms with Gasteiger partial charge in [-0.25, -0.2) is 0 Å². The van der Waals surface area contributed by atoms with Gasteiger partial charge in [0.15, 0.2) is 11.5 Å². The number of halogens is 1. The van der Waals surface area contributed by atoms with E-state index in [1.54, 1.807) is 36.9 Å². The number of hydrogen-bond acceptors (Lipinski definition) is 7. The molecule has 0 spiro atoms. The summed E-state index contributed by atoms with van der Waals surface area (Å²) in [5.41, 5.74) is 2.16. The average molecular weight is 467 g/mol. The number of hydrogen-bond donors (Lipinski definition) is 2. The fourth-order valence-electron chi connectivity index (χ4n) is 3.24. The van der Waals surface area contributed by atoms with Gasteiger partial charge in [0.05, 0.1) is 14.2 Å². The summed E-state index contributed by atoms with van der Waals surface area (Å²) >= 11 is 6.22. The molecule has 0 bridgehead atoms. The molecule has 10 heteroatoms. The first-order valence-electron chi connectivity index (χ1n) is 10.3. The number of nitrogens with one attached hydrogen (secondary N) is 2. The maximum Gasteiger partial charge on any atom is 0.224 e. The van der Waals surface area contributed by atoms with Crippen molar-refractivity contribution in [3.63, 3.8) is 0 Å². The molecule has 0 atom stereocenters. The summed E-state index contributed by atoms with van der Waals surface area (Å²) in [4.78, 5) is 12.5. The van der Waals surface area contributed by atoms with Crippen LogP contribution in [0.5, 0.6) is 11.5 Å². The zero-order valence-electron chi connectivity index (χ0n) is 18.2. The van der Waals surface area contributed by atoms with Crippen LogP contribution in [0.4, 0.5) is 11.5 Å². The van der Waals surface area contributed by atoms with Crippen LogP contribution in [0.3, 0.4) is 0 Å². The van der Waals surface area contributed by atoms with Crippen LogP contribution in [0.1, 0.15) is 17.8 Å². The number of aryl methyl sites for hydroxylation is 1. The van der Waals surface area contributed by atoms with Crippen molar-refractivity contribution < 1.29 is 14.3 Å². The van der Waals surface area contributed by atoms with E-state index in [0.717, 1.165) is 5.56 Å². The molecule has 1 amide bonds. The van der Waals surface area contributed by atoms with Crippen LogP contribution in [0.25, 0.3) is 5.65 Å². The van der Waals surface area contributed by atoms with Crippen LogP contribution < -0.4 is 20.1 Å². The lowest BCUT2D eigenvalue weighted by Crippen LogP contribution is -2.14. The fraction of sp³-hybridized carbons (Fsp3) is 0.217. The second kappa shape index (κ2) is 10.2. The Kier molecular flexibility index (Phi) is 6.89. The third kappa shape index (κ3) is 5.50. The van der Waals surface area contributed by atoms with Gasteiger partial charge in [0.2, 0.25) is 5.91 Å². The first kappa shape index (κ1) is 22.3. The Morgan fingerprint density at radius 3 is 2.52 bits per heavy atom. The number of carbonyl (C=O) groups excluding carboxylic acids is 1. The van der Waals surface area contributed by atoms with Gasteiger partial charge in [-0.3, -0.25) is 4.79 Å². The summed E-state index contributed by atoms with van der Waals surface area (Å²) < 4.78 is 12.1. The molecule has 4 aromatic rings. The lowest BCUT2D eigenvalue weighted by atomic mass is 10.2. The minimum Gasteiger partial charge on any atom is -0.497 e. The summed E-state index contributed by atoms with van der Waals surface area (Å²) in [6.45, 7) is 0.530. The van der Waals surface area contributed by atoms with E-state index in [1.807, 2.05) is 36.4 Å². The van der Waals surface area contributed by atoms with Crippen molar-refractivity contribution in [3.05, 3.63) is 71.0 Å². The molecule has 4 rings (SSSR count). The van der Waals surface area contributed by atoms with E-state index in [4.69, 9.17) is 21.1 Å². The van der Waals surface area contributed by atoms with Crippen molar-refractivity contribution in [3.8, 4) is 11.5 Å². The maximum absolute atomic E-state index is 12.5. The lowest BCUT2D eigenvalue weighted by Gasteiger charge is -2.10. The number of benzene rings is 2. The number of ether oxygens (including phenoxy) is 2. The van der Waals surface area contributed by atoms with E-state index in [0.29, 0.717) is 52.5 Å². The molecular weight excluding hydrogens is 444 g/mol. The smallest absolute Gasteiger partial charge is 0.224 e. The molecule has 0 radical (unpaired) electrons. The van der Waals surface area contributed by atoms with Crippen LogP contribution >= 0.6 is 11.6 Å². The van der Waals surface area contributed by atoms with Crippen molar-refractivity contribution >= 4 is 34.7 Å². The van der Waals surface area contributed by atoms with Crippen LogP contribution in [0, 0.1) is 0 Å². The zero-order chi connectivity index (χ0) is 23.2. The Morgan fingerprint density at radius 1 is 1.03 bits per heavy atom. The monoisotopic (exact) mass is 466 g/mol. The molecule has 0 fully saturated rings. The predicted molar refractivity (Wildman–Crippen MR) is 126 cm³/mol. The normalized spacial score (nSPS) is 10.8. The highest BCUT2D eigenvalue weighted by Crippen LogP contribution is 2.26. The van der Waals surface area contributed by atoms with E-state index in [9.17, 15) is 4.79 Å². The average Bonchev–Trinajstić information content (AvgIpc) is 3.24. The molecular formula is C23H23ClN6O3. The Balaban J connectivity index is 1.41. The van der Waals surface area contributed by atoms with Gasteiger partial charge in [0.25, 0.3) is 0 Å². The van der Waals surface area contributed by atoms with Gasteiger partial charge in [0, 0.05) is 48.3 Å². The third-order valence-corrected chi connectivity index (χ3v) is 5.32. The highest BCUT2D eigenvalue weighted by atomic mass is 35.5. The molecule has 0 aliphatic rings. The summed E-state index contributed by atoms with van der Waals surface area (Å²) in [6, 6.07) is 16.5. The zero-order valence-corrected chi connectivity index (χ0v) is 19.0. The number of amides is 1.